The van der Waals surface area contributed by atoms with Crippen LogP contribution >= 0.6 is 0 Å². The van der Waals surface area contributed by atoms with Gasteiger partial charge in [0.05, 0.1) is 20.3 Å². The zero-order valence-corrected chi connectivity index (χ0v) is 10.6. The molecule has 0 atom stereocenters. The second kappa shape index (κ2) is 6.91. The molecule has 0 aliphatic rings. The number of likely N-dealkylation sites (N-methyl/N-ethyl adjacent to an activating group) is 1. The van der Waals surface area contributed by atoms with Crippen molar-refractivity contribution in [3.8, 4) is 5.75 Å². The van der Waals surface area contributed by atoms with E-state index in [0.717, 1.165) is 11.3 Å². The fourth-order valence-electron chi connectivity index (χ4n) is 1.57. The Morgan fingerprint density at radius 2 is 2.18 bits per heavy atom. The average Bonchev–Trinajstić information content (AvgIpc) is 2.29. The van der Waals surface area contributed by atoms with Crippen LogP contribution in [-0.4, -0.2) is 38.2 Å². The molecular formula is C13H19NO3. The van der Waals surface area contributed by atoms with Crippen molar-refractivity contribution in [2.24, 2.45) is 0 Å². The van der Waals surface area contributed by atoms with Gasteiger partial charge < -0.3 is 9.47 Å². The summed E-state index contributed by atoms with van der Waals surface area (Å²) in [5.74, 6) is 0.630. The molecule has 0 aromatic heterocycles. The zero-order chi connectivity index (χ0) is 12.7. The molecule has 0 aliphatic carbocycles. The van der Waals surface area contributed by atoms with Crippen LogP contribution in [0.2, 0.25) is 0 Å². The summed E-state index contributed by atoms with van der Waals surface area (Å²) in [6.07, 6.45) is 0. The predicted octanol–water partition coefficient (Wildman–Crippen LogP) is 1.69. The fourth-order valence-corrected chi connectivity index (χ4v) is 1.57. The maximum atomic E-state index is 11.3. The van der Waals surface area contributed by atoms with Crippen LogP contribution in [-0.2, 0) is 16.1 Å². The van der Waals surface area contributed by atoms with Gasteiger partial charge in [-0.2, -0.15) is 0 Å². The first-order valence-electron chi connectivity index (χ1n) is 5.62. The Labute approximate surface area is 102 Å². The van der Waals surface area contributed by atoms with Crippen LogP contribution in [0, 0.1) is 0 Å². The lowest BCUT2D eigenvalue weighted by atomic mass is 10.2. The summed E-state index contributed by atoms with van der Waals surface area (Å²) in [5, 5.41) is 0. The van der Waals surface area contributed by atoms with E-state index in [-0.39, 0.29) is 5.97 Å². The summed E-state index contributed by atoms with van der Waals surface area (Å²) in [7, 11) is 3.53. The Morgan fingerprint density at radius 3 is 2.82 bits per heavy atom. The number of esters is 1. The molecule has 0 saturated heterocycles. The van der Waals surface area contributed by atoms with Crippen molar-refractivity contribution in [2.75, 3.05) is 27.3 Å². The third-order valence-electron chi connectivity index (χ3n) is 2.29. The lowest BCUT2D eigenvalue weighted by Crippen LogP contribution is -2.26. The molecule has 0 unspecified atom stereocenters. The van der Waals surface area contributed by atoms with E-state index in [1.165, 1.54) is 0 Å². The first-order chi connectivity index (χ1) is 8.15. The molecule has 0 amide bonds. The third-order valence-corrected chi connectivity index (χ3v) is 2.29. The van der Waals surface area contributed by atoms with Gasteiger partial charge in [0.1, 0.15) is 5.75 Å². The van der Waals surface area contributed by atoms with Crippen molar-refractivity contribution in [1.29, 1.82) is 0 Å². The highest BCUT2D eigenvalue weighted by Gasteiger charge is 2.07. The van der Waals surface area contributed by atoms with Gasteiger partial charge in [0, 0.05) is 6.54 Å². The van der Waals surface area contributed by atoms with Gasteiger partial charge in [0.2, 0.25) is 0 Å². The van der Waals surface area contributed by atoms with Gasteiger partial charge in [-0.25, -0.2) is 0 Å². The molecule has 94 valence electrons. The van der Waals surface area contributed by atoms with Crippen molar-refractivity contribution in [2.45, 2.75) is 13.5 Å². The van der Waals surface area contributed by atoms with Gasteiger partial charge in [0.25, 0.3) is 0 Å². The van der Waals surface area contributed by atoms with Gasteiger partial charge in [-0.05, 0) is 31.7 Å². The van der Waals surface area contributed by atoms with Crippen molar-refractivity contribution < 1.29 is 14.3 Å². The quantitative estimate of drug-likeness (QED) is 0.706. The monoisotopic (exact) mass is 237 g/mol. The van der Waals surface area contributed by atoms with Crippen LogP contribution in [0.5, 0.6) is 5.75 Å². The standard InChI is InChI=1S/C13H19NO3/c1-4-17-13(15)10-14(2)9-11-6-5-7-12(8-11)16-3/h5-8H,4,9-10H2,1-3H3. The molecule has 4 nitrogen and oxygen atoms in total. The van der Waals surface area contributed by atoms with Crippen LogP contribution in [0.4, 0.5) is 0 Å². The number of hydrogen-bond donors (Lipinski definition) is 0. The fraction of sp³-hybridized carbons (Fsp3) is 0.462. The van der Waals surface area contributed by atoms with Crippen molar-refractivity contribution in [1.82, 2.24) is 4.90 Å². The topological polar surface area (TPSA) is 38.8 Å². The minimum atomic E-state index is -0.196. The third kappa shape index (κ3) is 4.87. The summed E-state index contributed by atoms with van der Waals surface area (Å²) < 4.78 is 10.0. The number of ether oxygens (including phenoxy) is 2. The Morgan fingerprint density at radius 1 is 1.41 bits per heavy atom. The summed E-state index contributed by atoms with van der Waals surface area (Å²) >= 11 is 0. The second-order valence-electron chi connectivity index (χ2n) is 3.83. The molecule has 0 aliphatic heterocycles. The molecule has 1 aromatic carbocycles. The molecule has 0 heterocycles. The highest BCUT2D eigenvalue weighted by atomic mass is 16.5. The van der Waals surface area contributed by atoms with Crippen LogP contribution in [0.25, 0.3) is 0 Å². The Bertz CT molecular complexity index is 365. The average molecular weight is 237 g/mol. The predicted molar refractivity (Wildman–Crippen MR) is 66.0 cm³/mol. The van der Waals surface area contributed by atoms with E-state index in [0.29, 0.717) is 19.7 Å². The molecule has 0 saturated carbocycles. The summed E-state index contributed by atoms with van der Waals surface area (Å²) in [6.45, 7) is 3.22. The van der Waals surface area contributed by atoms with E-state index in [1.54, 1.807) is 14.0 Å². The maximum Gasteiger partial charge on any atom is 0.320 e. The van der Waals surface area contributed by atoms with Crippen LogP contribution in [0.3, 0.4) is 0 Å². The first-order valence-corrected chi connectivity index (χ1v) is 5.62. The molecule has 17 heavy (non-hydrogen) atoms. The molecule has 0 radical (unpaired) electrons. The molecule has 0 bridgehead atoms. The van der Waals surface area contributed by atoms with Gasteiger partial charge in [-0.15, -0.1) is 0 Å². The highest BCUT2D eigenvalue weighted by Crippen LogP contribution is 2.13. The number of methoxy groups -OCH3 is 1. The Kier molecular flexibility index (Phi) is 5.49. The molecule has 0 N–H and O–H groups in total. The smallest absolute Gasteiger partial charge is 0.320 e. The van der Waals surface area contributed by atoms with Crippen LogP contribution < -0.4 is 4.74 Å². The van der Waals surface area contributed by atoms with E-state index in [1.807, 2.05) is 36.2 Å². The lowest BCUT2D eigenvalue weighted by molar-refractivity contribution is -0.144. The molecular weight excluding hydrogens is 218 g/mol. The highest BCUT2D eigenvalue weighted by molar-refractivity contribution is 5.71. The number of hydrogen-bond acceptors (Lipinski definition) is 4. The number of nitrogens with zero attached hydrogens (tertiary/aromatic N) is 1. The number of rotatable bonds is 6. The Balaban J connectivity index is 2.49. The SMILES string of the molecule is CCOC(=O)CN(C)Cc1cccc(OC)c1. The molecule has 0 fully saturated rings. The van der Waals surface area contributed by atoms with Gasteiger partial charge in [-0.3, -0.25) is 9.69 Å². The summed E-state index contributed by atoms with van der Waals surface area (Å²) in [5.41, 5.74) is 1.11. The number of benzene rings is 1. The van der Waals surface area contributed by atoms with Gasteiger partial charge >= 0.3 is 5.97 Å². The van der Waals surface area contributed by atoms with Gasteiger partial charge in [0.15, 0.2) is 0 Å². The second-order valence-corrected chi connectivity index (χ2v) is 3.83. The molecule has 4 heteroatoms. The van der Waals surface area contributed by atoms with Crippen LogP contribution in [0.1, 0.15) is 12.5 Å². The normalized spacial score (nSPS) is 10.4. The maximum absolute atomic E-state index is 11.3. The Hall–Kier alpha value is -1.55. The van der Waals surface area contributed by atoms with Crippen molar-refractivity contribution in [3.05, 3.63) is 29.8 Å². The van der Waals surface area contributed by atoms with E-state index >= 15 is 0 Å². The van der Waals surface area contributed by atoms with E-state index in [2.05, 4.69) is 0 Å². The lowest BCUT2D eigenvalue weighted by Gasteiger charge is -2.15. The minimum Gasteiger partial charge on any atom is -0.497 e. The van der Waals surface area contributed by atoms with Crippen LogP contribution in [0.15, 0.2) is 24.3 Å². The zero-order valence-electron chi connectivity index (χ0n) is 10.6. The van der Waals surface area contributed by atoms with E-state index < -0.39 is 0 Å². The van der Waals surface area contributed by atoms with Crippen molar-refractivity contribution in [3.63, 3.8) is 0 Å². The van der Waals surface area contributed by atoms with E-state index in [4.69, 9.17) is 9.47 Å². The number of carbonyl (C=O) groups is 1. The summed E-state index contributed by atoms with van der Waals surface area (Å²) in [6, 6.07) is 7.80. The molecule has 1 aromatic rings. The van der Waals surface area contributed by atoms with Crippen molar-refractivity contribution >= 4 is 5.97 Å². The minimum absolute atomic E-state index is 0.196. The summed E-state index contributed by atoms with van der Waals surface area (Å²) in [4.78, 5) is 13.2. The largest absolute Gasteiger partial charge is 0.497 e. The number of carbonyl (C=O) groups excluding carboxylic acids is 1. The molecule has 0 spiro atoms. The molecule has 1 rings (SSSR count). The van der Waals surface area contributed by atoms with E-state index in [9.17, 15) is 4.79 Å². The van der Waals surface area contributed by atoms with Gasteiger partial charge in [-0.1, -0.05) is 12.1 Å². The first kappa shape index (κ1) is 13.5.